The summed E-state index contributed by atoms with van der Waals surface area (Å²) in [5.74, 6) is 0.792. The second kappa shape index (κ2) is 5.14. The number of amides is 1. The van der Waals surface area contributed by atoms with Crippen LogP contribution >= 0.6 is 11.3 Å². The van der Waals surface area contributed by atoms with Gasteiger partial charge in [0.2, 0.25) is 0 Å². The molecule has 0 radical (unpaired) electrons. The highest BCUT2D eigenvalue weighted by atomic mass is 32.1. The van der Waals surface area contributed by atoms with Gasteiger partial charge in [0.15, 0.2) is 5.01 Å². The van der Waals surface area contributed by atoms with Crippen LogP contribution < -0.4 is 10.1 Å². The van der Waals surface area contributed by atoms with Crippen LogP contribution in [0.25, 0.3) is 10.2 Å². The van der Waals surface area contributed by atoms with E-state index in [2.05, 4.69) is 10.3 Å². The van der Waals surface area contributed by atoms with Gasteiger partial charge in [0, 0.05) is 32.2 Å². The average Bonchev–Trinajstić information content (AvgIpc) is 2.90. The third kappa shape index (κ3) is 2.41. The lowest BCUT2D eigenvalue weighted by Crippen LogP contribution is -2.46. The van der Waals surface area contributed by atoms with E-state index < -0.39 is 0 Å². The Morgan fingerprint density at radius 2 is 2.21 bits per heavy atom. The zero-order chi connectivity index (χ0) is 13.2. The zero-order valence-electron chi connectivity index (χ0n) is 10.7. The molecule has 1 amide bonds. The summed E-state index contributed by atoms with van der Waals surface area (Å²) in [6, 6.07) is 5.69. The maximum atomic E-state index is 12.3. The predicted octanol–water partition coefficient (Wildman–Crippen LogP) is 1.35. The Morgan fingerprint density at radius 1 is 1.42 bits per heavy atom. The van der Waals surface area contributed by atoms with Crippen molar-refractivity contribution in [2.75, 3.05) is 33.3 Å². The number of methoxy groups -OCH3 is 1. The van der Waals surface area contributed by atoms with E-state index in [9.17, 15) is 4.79 Å². The van der Waals surface area contributed by atoms with Crippen LogP contribution in [-0.2, 0) is 0 Å². The number of rotatable bonds is 2. The summed E-state index contributed by atoms with van der Waals surface area (Å²) < 4.78 is 6.18. The molecular formula is C13H15N3O2S. The van der Waals surface area contributed by atoms with Crippen LogP contribution in [0.3, 0.4) is 0 Å². The van der Waals surface area contributed by atoms with Gasteiger partial charge in [0.05, 0.1) is 17.3 Å². The molecule has 5 nitrogen and oxygen atoms in total. The molecule has 100 valence electrons. The number of ether oxygens (including phenoxy) is 1. The van der Waals surface area contributed by atoms with Crippen molar-refractivity contribution in [2.45, 2.75) is 0 Å². The second-order valence-electron chi connectivity index (χ2n) is 4.39. The number of hydrogen-bond acceptors (Lipinski definition) is 5. The molecule has 0 spiro atoms. The Balaban J connectivity index is 1.89. The Hall–Kier alpha value is -1.66. The third-order valence-corrected chi connectivity index (χ3v) is 4.21. The highest BCUT2D eigenvalue weighted by Gasteiger charge is 2.21. The van der Waals surface area contributed by atoms with Gasteiger partial charge < -0.3 is 15.0 Å². The van der Waals surface area contributed by atoms with E-state index in [0.29, 0.717) is 5.01 Å². The first-order valence-corrected chi connectivity index (χ1v) is 7.04. The Morgan fingerprint density at radius 3 is 2.95 bits per heavy atom. The van der Waals surface area contributed by atoms with E-state index in [0.717, 1.165) is 42.1 Å². The summed E-state index contributed by atoms with van der Waals surface area (Å²) in [4.78, 5) is 18.6. The normalized spacial score (nSPS) is 15.7. The fraction of sp³-hybridized carbons (Fsp3) is 0.385. The van der Waals surface area contributed by atoms with Crippen molar-refractivity contribution in [1.82, 2.24) is 15.2 Å². The van der Waals surface area contributed by atoms with Gasteiger partial charge >= 0.3 is 0 Å². The molecule has 0 saturated carbocycles. The number of nitrogens with zero attached hydrogens (tertiary/aromatic N) is 2. The molecule has 1 saturated heterocycles. The van der Waals surface area contributed by atoms with Crippen LogP contribution in [0.2, 0.25) is 0 Å². The summed E-state index contributed by atoms with van der Waals surface area (Å²) in [5.41, 5.74) is 0.822. The highest BCUT2D eigenvalue weighted by molar-refractivity contribution is 7.20. The summed E-state index contributed by atoms with van der Waals surface area (Å²) in [7, 11) is 1.63. The van der Waals surface area contributed by atoms with E-state index in [1.54, 1.807) is 7.11 Å². The van der Waals surface area contributed by atoms with Crippen LogP contribution in [0.5, 0.6) is 5.75 Å². The minimum absolute atomic E-state index is 0.0293. The largest absolute Gasteiger partial charge is 0.497 e. The van der Waals surface area contributed by atoms with Gasteiger partial charge in [-0.3, -0.25) is 4.79 Å². The van der Waals surface area contributed by atoms with Crippen molar-refractivity contribution in [2.24, 2.45) is 0 Å². The summed E-state index contributed by atoms with van der Waals surface area (Å²) >= 11 is 1.44. The van der Waals surface area contributed by atoms with E-state index in [4.69, 9.17) is 4.74 Å². The lowest BCUT2D eigenvalue weighted by atomic mass is 10.3. The molecule has 3 rings (SSSR count). The summed E-state index contributed by atoms with van der Waals surface area (Å²) in [6.45, 7) is 3.20. The smallest absolute Gasteiger partial charge is 0.282 e. The molecule has 1 aliphatic heterocycles. The standard InChI is InChI=1S/C13H15N3O2S/c1-18-9-2-3-11-10(8-9)15-12(19-11)13(17)16-6-4-14-5-7-16/h2-3,8,14H,4-7H2,1H3. The van der Waals surface area contributed by atoms with Gasteiger partial charge in [-0.25, -0.2) is 4.98 Å². The van der Waals surface area contributed by atoms with E-state index in [1.807, 2.05) is 23.1 Å². The monoisotopic (exact) mass is 277 g/mol. The minimum Gasteiger partial charge on any atom is -0.497 e. The number of nitrogens with one attached hydrogen (secondary N) is 1. The second-order valence-corrected chi connectivity index (χ2v) is 5.43. The first-order valence-electron chi connectivity index (χ1n) is 6.22. The van der Waals surface area contributed by atoms with Crippen LogP contribution in [0, 0.1) is 0 Å². The fourth-order valence-electron chi connectivity index (χ4n) is 2.13. The molecule has 0 bridgehead atoms. The number of benzene rings is 1. The maximum absolute atomic E-state index is 12.3. The molecule has 1 N–H and O–H groups in total. The molecule has 6 heteroatoms. The Labute approximate surface area is 115 Å². The van der Waals surface area contributed by atoms with Gasteiger partial charge in [0.25, 0.3) is 5.91 Å². The van der Waals surface area contributed by atoms with Gasteiger partial charge in [-0.2, -0.15) is 0 Å². The van der Waals surface area contributed by atoms with Gasteiger partial charge in [-0.05, 0) is 12.1 Å². The van der Waals surface area contributed by atoms with Crippen LogP contribution in [-0.4, -0.2) is 49.1 Å². The Bertz CT molecular complexity index is 605. The first kappa shape index (κ1) is 12.4. The van der Waals surface area contributed by atoms with Crippen molar-refractivity contribution < 1.29 is 9.53 Å². The molecule has 2 aromatic rings. The van der Waals surface area contributed by atoms with Crippen molar-refractivity contribution in [3.8, 4) is 5.75 Å². The number of fused-ring (bicyclic) bond motifs is 1. The SMILES string of the molecule is COc1ccc2sc(C(=O)N3CCNCC3)nc2c1. The third-order valence-electron chi connectivity index (χ3n) is 3.18. The number of thiazole rings is 1. The average molecular weight is 277 g/mol. The number of aromatic nitrogens is 1. The number of carbonyl (C=O) groups is 1. The van der Waals surface area contributed by atoms with Crippen LogP contribution in [0.4, 0.5) is 0 Å². The molecular weight excluding hydrogens is 262 g/mol. The van der Waals surface area contributed by atoms with Gasteiger partial charge in [-0.15, -0.1) is 11.3 Å². The predicted molar refractivity (Wildman–Crippen MR) is 74.9 cm³/mol. The molecule has 0 atom stereocenters. The zero-order valence-corrected chi connectivity index (χ0v) is 11.5. The number of piperazine rings is 1. The quantitative estimate of drug-likeness (QED) is 0.900. The van der Waals surface area contributed by atoms with Crippen molar-refractivity contribution in [3.05, 3.63) is 23.2 Å². The first-order chi connectivity index (χ1) is 9.28. The van der Waals surface area contributed by atoms with Gasteiger partial charge in [0.1, 0.15) is 5.75 Å². The summed E-state index contributed by atoms with van der Waals surface area (Å²) in [6.07, 6.45) is 0. The maximum Gasteiger partial charge on any atom is 0.282 e. The van der Waals surface area contributed by atoms with Gasteiger partial charge in [-0.1, -0.05) is 0 Å². The van der Waals surface area contributed by atoms with E-state index in [-0.39, 0.29) is 5.91 Å². The van der Waals surface area contributed by atoms with Crippen molar-refractivity contribution >= 4 is 27.5 Å². The minimum atomic E-state index is 0.0293. The lowest BCUT2D eigenvalue weighted by Gasteiger charge is -2.26. The van der Waals surface area contributed by atoms with Crippen molar-refractivity contribution in [1.29, 1.82) is 0 Å². The molecule has 1 fully saturated rings. The van der Waals surface area contributed by atoms with E-state index >= 15 is 0 Å². The molecule has 1 aliphatic rings. The molecule has 2 heterocycles. The molecule has 1 aromatic carbocycles. The highest BCUT2D eigenvalue weighted by Crippen LogP contribution is 2.26. The van der Waals surface area contributed by atoms with E-state index in [1.165, 1.54) is 11.3 Å². The van der Waals surface area contributed by atoms with Crippen LogP contribution in [0.15, 0.2) is 18.2 Å². The molecule has 0 unspecified atom stereocenters. The lowest BCUT2D eigenvalue weighted by molar-refractivity contribution is 0.0735. The van der Waals surface area contributed by atoms with Crippen LogP contribution in [0.1, 0.15) is 9.80 Å². The Kier molecular flexibility index (Phi) is 3.35. The molecule has 1 aromatic heterocycles. The number of carbonyl (C=O) groups excluding carboxylic acids is 1. The topological polar surface area (TPSA) is 54.5 Å². The molecule has 0 aliphatic carbocycles. The summed E-state index contributed by atoms with van der Waals surface area (Å²) in [5, 5.41) is 3.80. The van der Waals surface area contributed by atoms with Crippen molar-refractivity contribution in [3.63, 3.8) is 0 Å². The fourth-order valence-corrected chi connectivity index (χ4v) is 3.04. The molecule has 19 heavy (non-hydrogen) atoms. The number of hydrogen-bond donors (Lipinski definition) is 1.